The number of benzene rings is 2. The van der Waals surface area contributed by atoms with E-state index in [9.17, 15) is 9.59 Å². The molecule has 2 aromatic rings. The average molecular weight is 441 g/mol. The van der Waals surface area contributed by atoms with Crippen LogP contribution in [0.5, 0.6) is 11.5 Å². The minimum Gasteiger partial charge on any atom is -0.457 e. The number of carbonyl (C=O) groups is 2. The van der Waals surface area contributed by atoms with Crippen LogP contribution in [0.1, 0.15) is 47.1 Å². The Morgan fingerprint density at radius 3 is 1.88 bits per heavy atom. The van der Waals surface area contributed by atoms with Crippen LogP contribution in [0.2, 0.25) is 0 Å². The zero-order valence-electron chi connectivity index (χ0n) is 19.6. The van der Waals surface area contributed by atoms with Gasteiger partial charge < -0.3 is 24.4 Å². The second kappa shape index (κ2) is 8.73. The predicted molar refractivity (Wildman–Crippen MR) is 122 cm³/mol. The van der Waals surface area contributed by atoms with Crippen molar-refractivity contribution in [2.45, 2.75) is 58.3 Å². The van der Waals surface area contributed by atoms with Gasteiger partial charge in [0.2, 0.25) is 0 Å². The third-order valence-corrected chi connectivity index (χ3v) is 4.70. The van der Waals surface area contributed by atoms with Crippen molar-refractivity contribution in [1.29, 1.82) is 0 Å². The lowest BCUT2D eigenvalue weighted by Crippen LogP contribution is -2.69. The maximum Gasteiger partial charge on any atom is 0.410 e. The highest BCUT2D eigenvalue weighted by Crippen LogP contribution is 2.35. The van der Waals surface area contributed by atoms with Crippen LogP contribution in [0.25, 0.3) is 0 Å². The van der Waals surface area contributed by atoms with Gasteiger partial charge in [-0.1, -0.05) is 30.3 Å². The lowest BCUT2D eigenvalue weighted by Gasteiger charge is -2.50. The Balaban J connectivity index is 1.77. The van der Waals surface area contributed by atoms with Crippen LogP contribution in [0, 0.1) is 0 Å². The van der Waals surface area contributed by atoms with Crippen LogP contribution in [0.15, 0.2) is 54.6 Å². The van der Waals surface area contributed by atoms with Crippen molar-refractivity contribution in [2.75, 3.05) is 13.1 Å². The number of hydrogen-bond acceptors (Lipinski definition) is 5. The first-order valence-electron chi connectivity index (χ1n) is 10.7. The summed E-state index contributed by atoms with van der Waals surface area (Å²) >= 11 is 0. The number of rotatable bonds is 4. The summed E-state index contributed by atoms with van der Waals surface area (Å²) in [5, 5.41) is 2.97. The molecule has 7 nitrogen and oxygen atoms in total. The van der Waals surface area contributed by atoms with Crippen molar-refractivity contribution < 1.29 is 23.8 Å². The minimum atomic E-state index is -0.773. The Labute approximate surface area is 189 Å². The van der Waals surface area contributed by atoms with E-state index >= 15 is 0 Å². The number of nitrogens with zero attached hydrogens (tertiary/aromatic N) is 1. The molecule has 0 radical (unpaired) electrons. The van der Waals surface area contributed by atoms with Crippen LogP contribution in [0.4, 0.5) is 9.59 Å². The smallest absolute Gasteiger partial charge is 0.410 e. The summed E-state index contributed by atoms with van der Waals surface area (Å²) in [6.45, 7) is 11.4. The largest absolute Gasteiger partial charge is 0.457 e. The number of alkyl carbamates (subject to hydrolysis) is 1. The maximum atomic E-state index is 12.6. The van der Waals surface area contributed by atoms with E-state index in [2.05, 4.69) is 5.32 Å². The molecule has 1 heterocycles. The quantitative estimate of drug-likeness (QED) is 0.684. The lowest BCUT2D eigenvalue weighted by atomic mass is 9.82. The SMILES string of the molecule is CC(C)(C)OC(=O)NC1(c2ccc(Oc3ccccc3)cc2)CN(C(=O)OC(C)(C)C)C1. The van der Waals surface area contributed by atoms with E-state index in [1.165, 1.54) is 0 Å². The van der Waals surface area contributed by atoms with Gasteiger partial charge in [0.1, 0.15) is 28.2 Å². The molecule has 1 saturated heterocycles. The molecule has 0 saturated carbocycles. The molecule has 0 bridgehead atoms. The molecule has 0 spiro atoms. The van der Waals surface area contributed by atoms with Crippen molar-refractivity contribution in [3.63, 3.8) is 0 Å². The maximum absolute atomic E-state index is 12.6. The molecule has 172 valence electrons. The van der Waals surface area contributed by atoms with Gasteiger partial charge in [-0.25, -0.2) is 9.59 Å². The van der Waals surface area contributed by atoms with Gasteiger partial charge >= 0.3 is 12.2 Å². The van der Waals surface area contributed by atoms with Crippen molar-refractivity contribution >= 4 is 12.2 Å². The summed E-state index contributed by atoms with van der Waals surface area (Å²) in [7, 11) is 0. The Morgan fingerprint density at radius 2 is 1.34 bits per heavy atom. The average Bonchev–Trinajstić information content (AvgIpc) is 2.63. The Kier molecular flexibility index (Phi) is 6.39. The third-order valence-electron chi connectivity index (χ3n) is 4.70. The molecule has 0 atom stereocenters. The molecular formula is C25H32N2O5. The number of para-hydroxylation sites is 1. The highest BCUT2D eigenvalue weighted by atomic mass is 16.6. The zero-order chi connectivity index (χ0) is 23.6. The second-order valence-corrected chi connectivity index (χ2v) is 9.98. The van der Waals surface area contributed by atoms with Gasteiger partial charge in [-0.05, 0) is 71.4 Å². The van der Waals surface area contributed by atoms with Crippen LogP contribution in [-0.2, 0) is 15.0 Å². The molecule has 1 N–H and O–H groups in total. The number of likely N-dealkylation sites (tertiary alicyclic amines) is 1. The molecular weight excluding hydrogens is 408 g/mol. The molecule has 1 aliphatic heterocycles. The third kappa shape index (κ3) is 6.15. The Morgan fingerprint density at radius 1 is 0.812 bits per heavy atom. The Hall–Kier alpha value is -3.22. The van der Waals surface area contributed by atoms with Gasteiger partial charge in [0.25, 0.3) is 0 Å². The van der Waals surface area contributed by atoms with Gasteiger partial charge in [0, 0.05) is 0 Å². The van der Waals surface area contributed by atoms with E-state index in [4.69, 9.17) is 14.2 Å². The monoisotopic (exact) mass is 440 g/mol. The molecule has 3 rings (SSSR count). The molecule has 1 fully saturated rings. The van der Waals surface area contributed by atoms with Gasteiger partial charge in [-0.15, -0.1) is 0 Å². The van der Waals surface area contributed by atoms with E-state index < -0.39 is 28.9 Å². The molecule has 7 heteroatoms. The highest BCUT2D eigenvalue weighted by molar-refractivity contribution is 5.73. The minimum absolute atomic E-state index is 0.278. The van der Waals surface area contributed by atoms with Crippen molar-refractivity contribution in [3.8, 4) is 11.5 Å². The number of ether oxygens (including phenoxy) is 3. The van der Waals surface area contributed by atoms with Crippen molar-refractivity contribution in [3.05, 3.63) is 60.2 Å². The standard InChI is InChI=1S/C25H32N2O5/c1-23(2,3)31-21(28)26-25(16-27(17-25)22(29)32-24(4,5)6)18-12-14-20(15-13-18)30-19-10-8-7-9-11-19/h7-15H,16-17H2,1-6H3,(H,26,28). The van der Waals surface area contributed by atoms with Gasteiger partial charge in [0.05, 0.1) is 13.1 Å². The van der Waals surface area contributed by atoms with Crippen LogP contribution >= 0.6 is 0 Å². The summed E-state index contributed by atoms with van der Waals surface area (Å²) < 4.78 is 16.8. The molecule has 2 aromatic carbocycles. The number of hydrogen-bond donors (Lipinski definition) is 1. The first-order chi connectivity index (χ1) is 14.9. The fraction of sp³-hybridized carbons (Fsp3) is 0.440. The normalized spacial score (nSPS) is 15.4. The Bertz CT molecular complexity index is 937. The van der Waals surface area contributed by atoms with Crippen molar-refractivity contribution in [2.24, 2.45) is 0 Å². The van der Waals surface area contributed by atoms with E-state index in [-0.39, 0.29) is 13.1 Å². The molecule has 0 unspecified atom stereocenters. The van der Waals surface area contributed by atoms with Crippen LogP contribution in [-0.4, -0.2) is 41.4 Å². The van der Waals surface area contributed by atoms with E-state index in [0.717, 1.165) is 11.3 Å². The summed E-state index contributed by atoms with van der Waals surface area (Å²) in [4.78, 5) is 26.6. The summed E-state index contributed by atoms with van der Waals surface area (Å²) in [5.74, 6) is 1.41. The summed E-state index contributed by atoms with van der Waals surface area (Å²) in [6.07, 6.45) is -0.950. The second-order valence-electron chi connectivity index (χ2n) is 9.98. The van der Waals surface area contributed by atoms with Gasteiger partial charge in [-0.3, -0.25) is 0 Å². The molecule has 32 heavy (non-hydrogen) atoms. The number of amides is 2. The highest BCUT2D eigenvalue weighted by Gasteiger charge is 2.49. The topological polar surface area (TPSA) is 77.1 Å². The lowest BCUT2D eigenvalue weighted by molar-refractivity contribution is -0.0230. The fourth-order valence-electron chi connectivity index (χ4n) is 3.36. The van der Waals surface area contributed by atoms with Crippen LogP contribution < -0.4 is 10.1 Å². The number of carbonyl (C=O) groups excluding carboxylic acids is 2. The number of nitrogens with one attached hydrogen (secondary N) is 1. The van der Waals surface area contributed by atoms with E-state index in [1.54, 1.807) is 4.90 Å². The molecule has 0 aromatic heterocycles. The predicted octanol–water partition coefficient (Wildman–Crippen LogP) is 5.45. The first kappa shape index (κ1) is 23.4. The molecule has 1 aliphatic rings. The first-order valence-corrected chi connectivity index (χ1v) is 10.7. The summed E-state index contributed by atoms with van der Waals surface area (Å²) in [5.41, 5.74) is -1.15. The van der Waals surface area contributed by atoms with Crippen molar-refractivity contribution in [1.82, 2.24) is 10.2 Å². The van der Waals surface area contributed by atoms with Gasteiger partial charge in [-0.2, -0.15) is 0 Å². The summed E-state index contributed by atoms with van der Waals surface area (Å²) in [6, 6.07) is 17.0. The van der Waals surface area contributed by atoms with E-state index in [1.807, 2.05) is 96.1 Å². The molecule has 0 aliphatic carbocycles. The van der Waals surface area contributed by atoms with Gasteiger partial charge in [0.15, 0.2) is 0 Å². The fourth-order valence-corrected chi connectivity index (χ4v) is 3.36. The zero-order valence-corrected chi connectivity index (χ0v) is 19.6. The molecule has 2 amide bonds. The van der Waals surface area contributed by atoms with E-state index in [0.29, 0.717) is 5.75 Å². The van der Waals surface area contributed by atoms with Crippen LogP contribution in [0.3, 0.4) is 0 Å².